The topological polar surface area (TPSA) is 12.5 Å². The van der Waals surface area contributed by atoms with Crippen LogP contribution in [0, 0.1) is 5.41 Å². The quantitative estimate of drug-likeness (QED) is 0.678. The summed E-state index contributed by atoms with van der Waals surface area (Å²) >= 11 is 0. The maximum absolute atomic E-state index is 6.38. The molecule has 1 saturated heterocycles. The molecule has 2 aromatic rings. The molecule has 2 nitrogen and oxygen atoms in total. The zero-order valence-corrected chi connectivity index (χ0v) is 15.9. The van der Waals surface area contributed by atoms with Gasteiger partial charge in [0, 0.05) is 6.54 Å². The van der Waals surface area contributed by atoms with E-state index in [-0.39, 0.29) is 0 Å². The standard InChI is InChI=1S/C24H31NO/c1-2-11-24(10-1)12-8-22(9-13-24)26-23-7-6-20-16-19(4-5-21(20)17-23)18-25-14-3-15-25/h4-7,16-17,22H,1-3,8-15,18H2. The van der Waals surface area contributed by atoms with Crippen LogP contribution in [0.15, 0.2) is 36.4 Å². The van der Waals surface area contributed by atoms with E-state index in [1.165, 1.54) is 87.2 Å². The fourth-order valence-electron chi connectivity index (χ4n) is 5.38. The van der Waals surface area contributed by atoms with Gasteiger partial charge in [0.15, 0.2) is 0 Å². The van der Waals surface area contributed by atoms with Crippen molar-refractivity contribution < 1.29 is 4.74 Å². The summed E-state index contributed by atoms with van der Waals surface area (Å²) in [6.07, 6.45) is 12.9. The van der Waals surface area contributed by atoms with Crippen LogP contribution in [0.25, 0.3) is 10.8 Å². The van der Waals surface area contributed by atoms with Crippen LogP contribution in [0.3, 0.4) is 0 Å². The van der Waals surface area contributed by atoms with Crippen molar-refractivity contribution in [1.29, 1.82) is 0 Å². The first-order chi connectivity index (χ1) is 12.8. The number of fused-ring (bicyclic) bond motifs is 1. The average Bonchev–Trinajstić information content (AvgIpc) is 3.09. The van der Waals surface area contributed by atoms with E-state index in [0.29, 0.717) is 11.5 Å². The van der Waals surface area contributed by atoms with Crippen molar-refractivity contribution in [2.24, 2.45) is 5.41 Å². The smallest absolute Gasteiger partial charge is 0.120 e. The molecule has 0 bridgehead atoms. The lowest BCUT2D eigenvalue weighted by Crippen LogP contribution is -2.36. The van der Waals surface area contributed by atoms with E-state index in [4.69, 9.17) is 4.74 Å². The molecule has 0 radical (unpaired) electrons. The average molecular weight is 350 g/mol. The van der Waals surface area contributed by atoms with Gasteiger partial charge in [0.1, 0.15) is 5.75 Å². The highest BCUT2D eigenvalue weighted by molar-refractivity contribution is 5.84. The third kappa shape index (κ3) is 3.36. The predicted molar refractivity (Wildman–Crippen MR) is 108 cm³/mol. The Bertz CT molecular complexity index is 763. The highest BCUT2D eigenvalue weighted by Gasteiger charge is 2.38. The summed E-state index contributed by atoms with van der Waals surface area (Å²) in [5, 5.41) is 2.64. The molecule has 0 atom stereocenters. The van der Waals surface area contributed by atoms with Crippen LogP contribution in [0.2, 0.25) is 0 Å². The third-order valence-electron chi connectivity index (χ3n) is 7.19. The summed E-state index contributed by atoms with van der Waals surface area (Å²) in [6.45, 7) is 3.61. The Labute approximate surface area is 157 Å². The van der Waals surface area contributed by atoms with Gasteiger partial charge in [0.2, 0.25) is 0 Å². The van der Waals surface area contributed by atoms with E-state index in [0.717, 1.165) is 12.3 Å². The van der Waals surface area contributed by atoms with E-state index < -0.39 is 0 Å². The molecule has 5 rings (SSSR count). The van der Waals surface area contributed by atoms with Crippen molar-refractivity contribution in [2.75, 3.05) is 13.1 Å². The highest BCUT2D eigenvalue weighted by atomic mass is 16.5. The van der Waals surface area contributed by atoms with Gasteiger partial charge in [-0.3, -0.25) is 4.90 Å². The largest absolute Gasteiger partial charge is 0.490 e. The minimum atomic E-state index is 0.421. The van der Waals surface area contributed by atoms with Crippen molar-refractivity contribution in [3.63, 3.8) is 0 Å². The number of benzene rings is 2. The number of hydrogen-bond donors (Lipinski definition) is 0. The molecule has 0 amide bonds. The zero-order valence-electron chi connectivity index (χ0n) is 15.9. The molecule has 2 saturated carbocycles. The van der Waals surface area contributed by atoms with E-state index >= 15 is 0 Å². The third-order valence-corrected chi connectivity index (χ3v) is 7.19. The van der Waals surface area contributed by atoms with Crippen molar-refractivity contribution in [3.8, 4) is 5.75 Å². The molecule has 1 heterocycles. The van der Waals surface area contributed by atoms with E-state index in [1.54, 1.807) is 0 Å². The van der Waals surface area contributed by atoms with Gasteiger partial charge in [-0.1, -0.05) is 31.0 Å². The molecule has 1 spiro atoms. The molecule has 2 aromatic carbocycles. The van der Waals surface area contributed by atoms with Crippen LogP contribution in [-0.2, 0) is 6.54 Å². The summed E-state index contributed by atoms with van der Waals surface area (Å²) in [5.74, 6) is 1.06. The lowest BCUT2D eigenvalue weighted by atomic mass is 9.72. The summed E-state index contributed by atoms with van der Waals surface area (Å²) in [5.41, 5.74) is 2.12. The molecular weight excluding hydrogens is 318 g/mol. The van der Waals surface area contributed by atoms with Crippen LogP contribution < -0.4 is 4.74 Å². The Morgan fingerprint density at radius 2 is 1.58 bits per heavy atom. The second-order valence-corrected chi connectivity index (χ2v) is 9.00. The Hall–Kier alpha value is -1.54. The van der Waals surface area contributed by atoms with Crippen LogP contribution in [0.5, 0.6) is 5.75 Å². The van der Waals surface area contributed by atoms with Gasteiger partial charge in [-0.2, -0.15) is 0 Å². The van der Waals surface area contributed by atoms with Gasteiger partial charge in [0.25, 0.3) is 0 Å². The number of likely N-dealkylation sites (tertiary alicyclic amines) is 1. The lowest BCUT2D eigenvalue weighted by Gasteiger charge is -2.37. The maximum atomic E-state index is 6.38. The molecule has 0 aromatic heterocycles. The van der Waals surface area contributed by atoms with Gasteiger partial charge in [0.05, 0.1) is 6.10 Å². The second-order valence-electron chi connectivity index (χ2n) is 9.00. The lowest BCUT2D eigenvalue weighted by molar-refractivity contribution is 0.0825. The summed E-state index contributed by atoms with van der Waals surface area (Å²) in [6, 6.07) is 13.6. The number of ether oxygens (including phenoxy) is 1. The first kappa shape index (κ1) is 16.6. The second kappa shape index (κ2) is 6.88. The molecular formula is C24H31NO. The fraction of sp³-hybridized carbons (Fsp3) is 0.583. The Kier molecular flexibility index (Phi) is 4.40. The molecule has 3 fully saturated rings. The van der Waals surface area contributed by atoms with Gasteiger partial charge in [-0.15, -0.1) is 0 Å². The van der Waals surface area contributed by atoms with Gasteiger partial charge in [-0.05, 0) is 98.0 Å². The van der Waals surface area contributed by atoms with Crippen molar-refractivity contribution in [1.82, 2.24) is 4.90 Å². The van der Waals surface area contributed by atoms with Crippen molar-refractivity contribution in [2.45, 2.75) is 70.4 Å². The molecule has 0 unspecified atom stereocenters. The van der Waals surface area contributed by atoms with Crippen LogP contribution in [-0.4, -0.2) is 24.1 Å². The first-order valence-corrected chi connectivity index (χ1v) is 10.7. The molecule has 0 N–H and O–H groups in total. The summed E-state index contributed by atoms with van der Waals surface area (Å²) < 4.78 is 6.38. The monoisotopic (exact) mass is 349 g/mol. The molecule has 138 valence electrons. The molecule has 3 aliphatic rings. The Morgan fingerprint density at radius 1 is 0.846 bits per heavy atom. The Morgan fingerprint density at radius 3 is 2.31 bits per heavy atom. The molecule has 26 heavy (non-hydrogen) atoms. The minimum Gasteiger partial charge on any atom is -0.490 e. The molecule has 1 aliphatic heterocycles. The maximum Gasteiger partial charge on any atom is 0.120 e. The normalized spacial score (nSPS) is 23.4. The van der Waals surface area contributed by atoms with E-state index in [9.17, 15) is 0 Å². The van der Waals surface area contributed by atoms with Crippen LogP contribution in [0.1, 0.15) is 63.4 Å². The molecule has 2 aliphatic carbocycles. The highest BCUT2D eigenvalue weighted by Crippen LogP contribution is 2.49. The van der Waals surface area contributed by atoms with Gasteiger partial charge < -0.3 is 4.74 Å². The summed E-state index contributed by atoms with van der Waals surface area (Å²) in [4.78, 5) is 2.51. The van der Waals surface area contributed by atoms with Crippen LogP contribution in [0.4, 0.5) is 0 Å². The Balaban J connectivity index is 1.24. The fourth-order valence-corrected chi connectivity index (χ4v) is 5.38. The van der Waals surface area contributed by atoms with Gasteiger partial charge in [-0.25, -0.2) is 0 Å². The van der Waals surface area contributed by atoms with Crippen LogP contribution >= 0.6 is 0 Å². The molecule has 2 heteroatoms. The number of nitrogens with zero attached hydrogens (tertiary/aromatic N) is 1. The number of rotatable bonds is 4. The number of hydrogen-bond acceptors (Lipinski definition) is 2. The van der Waals surface area contributed by atoms with Crippen molar-refractivity contribution >= 4 is 10.8 Å². The zero-order chi connectivity index (χ0) is 17.4. The minimum absolute atomic E-state index is 0.421. The van der Waals surface area contributed by atoms with Gasteiger partial charge >= 0.3 is 0 Å². The van der Waals surface area contributed by atoms with Crippen molar-refractivity contribution in [3.05, 3.63) is 42.0 Å². The predicted octanol–water partition coefficient (Wildman–Crippen LogP) is 5.93. The summed E-state index contributed by atoms with van der Waals surface area (Å²) in [7, 11) is 0. The van der Waals surface area contributed by atoms with E-state index in [1.807, 2.05) is 0 Å². The van der Waals surface area contributed by atoms with E-state index in [2.05, 4.69) is 41.3 Å². The first-order valence-electron chi connectivity index (χ1n) is 10.7. The SMILES string of the molecule is c1cc2cc(OC3CCC4(CCCC4)CC3)ccc2cc1CN1CCC1.